The largest absolute Gasteiger partial charge is 0.376 e. The molecular formula is C20H37N3O4S. The Hall–Kier alpha value is -0.960. The zero-order chi connectivity index (χ0) is 20.6. The van der Waals surface area contributed by atoms with Crippen LogP contribution < -0.4 is 0 Å². The fraction of sp³-hybridized carbons (Fsp3) is 0.850. The number of hydrogen-bond acceptors (Lipinski definition) is 6. The number of aromatic nitrogens is 2. The number of likely N-dealkylation sites (N-methyl/N-ethyl adjacent to an activating group) is 1. The van der Waals surface area contributed by atoms with E-state index in [1.54, 1.807) is 6.20 Å². The van der Waals surface area contributed by atoms with Gasteiger partial charge in [0.25, 0.3) is 0 Å². The van der Waals surface area contributed by atoms with E-state index in [1.165, 1.54) is 0 Å². The molecule has 1 aliphatic rings. The van der Waals surface area contributed by atoms with Crippen molar-refractivity contribution in [1.29, 1.82) is 0 Å². The lowest BCUT2D eigenvalue weighted by Gasteiger charge is -2.27. The lowest BCUT2D eigenvalue weighted by atomic mass is 10.1. The molecule has 1 atom stereocenters. The Bertz CT molecular complexity index is 682. The van der Waals surface area contributed by atoms with Crippen molar-refractivity contribution in [3.8, 4) is 0 Å². The van der Waals surface area contributed by atoms with Crippen molar-refractivity contribution in [2.24, 2.45) is 5.92 Å². The van der Waals surface area contributed by atoms with Gasteiger partial charge in [-0.15, -0.1) is 0 Å². The highest BCUT2D eigenvalue weighted by Gasteiger charge is 2.24. The molecule has 8 heteroatoms. The van der Waals surface area contributed by atoms with Gasteiger partial charge in [0.2, 0.25) is 15.0 Å². The fourth-order valence-corrected chi connectivity index (χ4v) is 4.91. The van der Waals surface area contributed by atoms with E-state index >= 15 is 0 Å². The molecule has 162 valence electrons. The van der Waals surface area contributed by atoms with Crippen LogP contribution in [0.5, 0.6) is 0 Å². The molecule has 1 aliphatic heterocycles. The van der Waals surface area contributed by atoms with E-state index in [2.05, 4.69) is 30.7 Å². The molecule has 2 heterocycles. The quantitative estimate of drug-likeness (QED) is 0.523. The first-order valence-corrected chi connectivity index (χ1v) is 12.1. The van der Waals surface area contributed by atoms with Crippen LogP contribution in [0, 0.1) is 5.92 Å². The van der Waals surface area contributed by atoms with E-state index in [1.807, 2.05) is 11.6 Å². The first-order valence-electron chi connectivity index (χ1n) is 10.5. The summed E-state index contributed by atoms with van der Waals surface area (Å²) in [5, 5.41) is 0.227. The van der Waals surface area contributed by atoms with Crippen LogP contribution in [0.15, 0.2) is 11.4 Å². The molecular weight excluding hydrogens is 378 g/mol. The normalized spacial score (nSPS) is 18.3. The van der Waals surface area contributed by atoms with Gasteiger partial charge in [-0.3, -0.25) is 4.90 Å². The highest BCUT2D eigenvalue weighted by molar-refractivity contribution is 7.91. The molecule has 0 aromatic carbocycles. The van der Waals surface area contributed by atoms with Crippen molar-refractivity contribution in [2.75, 3.05) is 39.2 Å². The Labute approximate surface area is 170 Å². The van der Waals surface area contributed by atoms with Crippen molar-refractivity contribution in [3.05, 3.63) is 11.9 Å². The maximum Gasteiger partial charge on any atom is 0.227 e. The van der Waals surface area contributed by atoms with Crippen LogP contribution in [0.4, 0.5) is 0 Å². The Morgan fingerprint density at radius 2 is 2.11 bits per heavy atom. The molecule has 28 heavy (non-hydrogen) atoms. The van der Waals surface area contributed by atoms with Crippen molar-refractivity contribution < 1.29 is 17.9 Å². The molecule has 2 rings (SSSR count). The molecule has 0 saturated carbocycles. The monoisotopic (exact) mass is 415 g/mol. The molecule has 0 bridgehead atoms. The van der Waals surface area contributed by atoms with Crippen molar-refractivity contribution in [3.63, 3.8) is 0 Å². The molecule has 7 nitrogen and oxygen atoms in total. The van der Waals surface area contributed by atoms with Gasteiger partial charge in [-0.05, 0) is 32.2 Å². The Morgan fingerprint density at radius 1 is 1.32 bits per heavy atom. The highest BCUT2D eigenvalue weighted by Crippen LogP contribution is 2.18. The molecule has 1 saturated heterocycles. The van der Waals surface area contributed by atoms with E-state index in [0.717, 1.165) is 31.5 Å². The summed E-state index contributed by atoms with van der Waals surface area (Å²) in [6, 6.07) is 0. The van der Waals surface area contributed by atoms with Gasteiger partial charge < -0.3 is 14.0 Å². The van der Waals surface area contributed by atoms with Gasteiger partial charge >= 0.3 is 0 Å². The average molecular weight is 416 g/mol. The van der Waals surface area contributed by atoms with E-state index in [4.69, 9.17) is 9.47 Å². The van der Waals surface area contributed by atoms with E-state index in [9.17, 15) is 8.42 Å². The second-order valence-electron chi connectivity index (χ2n) is 8.16. The fourth-order valence-electron chi connectivity index (χ4n) is 3.43. The maximum atomic E-state index is 12.9. The standard InChI is InChI=1S/C20H37N3O4S/c1-5-6-9-23-18(14-22(4)15-19-16-26-10-11-27-19)13-21-20(23)28(24,25)12-7-8-17(2)3/h13,17,19H,5-12,14-16H2,1-4H3/t19-/m0/s1. The zero-order valence-electron chi connectivity index (χ0n) is 17.9. The maximum absolute atomic E-state index is 12.9. The third kappa shape index (κ3) is 7.13. The van der Waals surface area contributed by atoms with Gasteiger partial charge in [-0.25, -0.2) is 13.4 Å². The summed E-state index contributed by atoms with van der Waals surface area (Å²) in [5.41, 5.74) is 0.940. The third-order valence-electron chi connectivity index (χ3n) is 4.94. The summed E-state index contributed by atoms with van der Waals surface area (Å²) in [6.07, 6.45) is 5.31. The van der Waals surface area contributed by atoms with Gasteiger partial charge in [-0.2, -0.15) is 0 Å². The van der Waals surface area contributed by atoms with E-state index < -0.39 is 9.84 Å². The molecule has 0 aliphatic carbocycles. The minimum Gasteiger partial charge on any atom is -0.376 e. The number of hydrogen-bond donors (Lipinski definition) is 0. The lowest BCUT2D eigenvalue weighted by Crippen LogP contribution is -2.38. The van der Waals surface area contributed by atoms with Crippen molar-refractivity contribution in [1.82, 2.24) is 14.5 Å². The number of nitrogens with zero attached hydrogens (tertiary/aromatic N) is 3. The van der Waals surface area contributed by atoms with Gasteiger partial charge in [-0.1, -0.05) is 27.2 Å². The van der Waals surface area contributed by atoms with Gasteiger partial charge in [0.1, 0.15) is 0 Å². The number of unbranched alkanes of at least 4 members (excludes halogenated alkanes) is 1. The second kappa shape index (κ2) is 11.3. The van der Waals surface area contributed by atoms with Crippen molar-refractivity contribution in [2.45, 2.75) is 70.8 Å². The lowest BCUT2D eigenvalue weighted by molar-refractivity contribution is -0.0964. The molecule has 1 aromatic heterocycles. The molecule has 1 fully saturated rings. The SMILES string of the molecule is CCCCn1c(CN(C)C[C@H]2COCCO2)cnc1S(=O)(=O)CCCC(C)C. The molecule has 0 unspecified atom stereocenters. The predicted octanol–water partition coefficient (Wildman–Crippen LogP) is 2.74. The van der Waals surface area contributed by atoms with Crippen LogP contribution in [0.25, 0.3) is 0 Å². The Balaban J connectivity index is 2.08. The molecule has 0 spiro atoms. The topological polar surface area (TPSA) is 73.7 Å². The van der Waals surface area contributed by atoms with Gasteiger partial charge in [0.15, 0.2) is 0 Å². The van der Waals surface area contributed by atoms with Crippen LogP contribution in [0.3, 0.4) is 0 Å². The first kappa shape index (κ1) is 23.3. The average Bonchev–Trinajstić information content (AvgIpc) is 3.03. The summed E-state index contributed by atoms with van der Waals surface area (Å²) >= 11 is 0. The highest BCUT2D eigenvalue weighted by atomic mass is 32.2. The third-order valence-corrected chi connectivity index (χ3v) is 6.65. The molecule has 0 amide bonds. The number of sulfone groups is 1. The van der Waals surface area contributed by atoms with Crippen molar-refractivity contribution >= 4 is 9.84 Å². The first-order chi connectivity index (χ1) is 13.3. The number of imidazole rings is 1. The van der Waals surface area contributed by atoms with E-state index in [-0.39, 0.29) is 17.0 Å². The minimum absolute atomic E-state index is 0.0602. The van der Waals surface area contributed by atoms with Crippen LogP contribution in [0.1, 0.15) is 52.1 Å². The van der Waals surface area contributed by atoms with Crippen LogP contribution in [-0.2, 0) is 32.4 Å². The second-order valence-corrected chi connectivity index (χ2v) is 10.2. The van der Waals surface area contributed by atoms with Gasteiger partial charge in [0.05, 0.1) is 43.6 Å². The van der Waals surface area contributed by atoms with Gasteiger partial charge in [0, 0.05) is 19.6 Å². The molecule has 1 aromatic rings. The van der Waals surface area contributed by atoms with Crippen LogP contribution >= 0.6 is 0 Å². The summed E-state index contributed by atoms with van der Waals surface area (Å²) in [5.74, 6) is 0.668. The minimum atomic E-state index is -3.37. The zero-order valence-corrected chi connectivity index (χ0v) is 18.7. The number of rotatable bonds is 12. The summed E-state index contributed by atoms with van der Waals surface area (Å²) in [7, 11) is -1.35. The van der Waals surface area contributed by atoms with Crippen LogP contribution in [0.2, 0.25) is 0 Å². The molecule has 0 radical (unpaired) electrons. The summed E-state index contributed by atoms with van der Waals surface area (Å²) in [4.78, 5) is 6.48. The number of ether oxygens (including phenoxy) is 2. The summed E-state index contributed by atoms with van der Waals surface area (Å²) < 4.78 is 38.9. The Morgan fingerprint density at radius 3 is 2.75 bits per heavy atom. The Kier molecular flexibility index (Phi) is 9.40. The molecule has 0 N–H and O–H groups in total. The summed E-state index contributed by atoms with van der Waals surface area (Å²) in [6.45, 7) is 10.3. The van der Waals surface area contributed by atoms with Crippen LogP contribution in [-0.4, -0.2) is 68.1 Å². The smallest absolute Gasteiger partial charge is 0.227 e. The predicted molar refractivity (Wildman–Crippen MR) is 110 cm³/mol. The van der Waals surface area contributed by atoms with E-state index in [0.29, 0.717) is 45.2 Å².